The Labute approximate surface area is 113 Å². The van der Waals surface area contributed by atoms with Crippen molar-refractivity contribution in [3.63, 3.8) is 0 Å². The van der Waals surface area contributed by atoms with Crippen LogP contribution in [0, 0.1) is 5.92 Å². The molecule has 0 aliphatic carbocycles. The van der Waals surface area contributed by atoms with Crippen LogP contribution in [0.5, 0.6) is 0 Å². The maximum atomic E-state index is 12.6. The molecular formula is C14H23F2N3. The zero-order chi connectivity index (χ0) is 14.3. The van der Waals surface area contributed by atoms with E-state index in [2.05, 4.69) is 16.5 Å². The maximum Gasteiger partial charge on any atom is 0.276 e. The molecule has 3 nitrogen and oxygen atoms in total. The molecule has 1 aliphatic rings. The summed E-state index contributed by atoms with van der Waals surface area (Å²) < 4.78 is 25.1. The Hall–Kier alpha value is -1.07. The summed E-state index contributed by atoms with van der Waals surface area (Å²) in [7, 11) is 0. The molecule has 0 bridgehead atoms. The molecule has 1 rings (SSSR count). The first-order valence-corrected chi connectivity index (χ1v) is 6.66. The monoisotopic (exact) mass is 271 g/mol. The van der Waals surface area contributed by atoms with Gasteiger partial charge in [-0.2, -0.15) is 0 Å². The van der Waals surface area contributed by atoms with Crippen molar-refractivity contribution >= 4 is 5.71 Å². The van der Waals surface area contributed by atoms with E-state index in [1.807, 2.05) is 0 Å². The Kier molecular flexibility index (Phi) is 6.87. The van der Waals surface area contributed by atoms with Crippen LogP contribution >= 0.6 is 0 Å². The molecule has 2 N–H and O–H groups in total. The zero-order valence-corrected chi connectivity index (χ0v) is 11.5. The first-order chi connectivity index (χ1) is 9.08. The van der Waals surface area contributed by atoms with Gasteiger partial charge in [0.2, 0.25) is 0 Å². The molecule has 5 heteroatoms. The van der Waals surface area contributed by atoms with Gasteiger partial charge in [-0.25, -0.2) is 8.78 Å². The number of nitrogens with zero attached hydrogens (tertiary/aromatic N) is 2. The molecule has 0 atom stereocenters. The molecule has 0 radical (unpaired) electrons. The lowest BCUT2D eigenvalue weighted by Crippen LogP contribution is -2.37. The van der Waals surface area contributed by atoms with Crippen LogP contribution in [0.2, 0.25) is 0 Å². The van der Waals surface area contributed by atoms with E-state index in [1.54, 1.807) is 12.2 Å². The number of hydrogen-bond donors (Lipinski definition) is 1. The smallest absolute Gasteiger partial charge is 0.276 e. The maximum absolute atomic E-state index is 12.6. The number of aliphatic imine (C=N–C) groups is 1. The summed E-state index contributed by atoms with van der Waals surface area (Å²) in [5.74, 6) is 0.237. The van der Waals surface area contributed by atoms with E-state index >= 15 is 0 Å². The summed E-state index contributed by atoms with van der Waals surface area (Å²) in [4.78, 5) is 6.37. The van der Waals surface area contributed by atoms with E-state index < -0.39 is 6.43 Å². The van der Waals surface area contributed by atoms with Crippen LogP contribution in [-0.4, -0.2) is 43.2 Å². The van der Waals surface area contributed by atoms with Crippen LogP contribution in [0.3, 0.4) is 0 Å². The fourth-order valence-corrected chi connectivity index (χ4v) is 2.27. The molecule has 0 spiro atoms. The van der Waals surface area contributed by atoms with Crippen LogP contribution in [0.4, 0.5) is 8.78 Å². The van der Waals surface area contributed by atoms with Crippen LogP contribution < -0.4 is 5.73 Å². The number of piperidine rings is 1. The van der Waals surface area contributed by atoms with E-state index in [0.717, 1.165) is 38.2 Å². The minimum absolute atomic E-state index is 0.127. The molecule has 19 heavy (non-hydrogen) atoms. The molecule has 1 saturated heterocycles. The third-order valence-electron chi connectivity index (χ3n) is 3.36. The Morgan fingerprint density at radius 1 is 1.47 bits per heavy atom. The van der Waals surface area contributed by atoms with Gasteiger partial charge in [0.1, 0.15) is 0 Å². The Morgan fingerprint density at radius 2 is 2.11 bits per heavy atom. The van der Waals surface area contributed by atoms with Crippen LogP contribution in [0.1, 0.15) is 19.8 Å². The molecule has 0 amide bonds. The highest BCUT2D eigenvalue weighted by atomic mass is 19.3. The number of alkyl halides is 2. The minimum Gasteiger partial charge on any atom is -0.329 e. The van der Waals surface area contributed by atoms with Gasteiger partial charge in [0, 0.05) is 24.7 Å². The summed E-state index contributed by atoms with van der Waals surface area (Å²) in [6, 6.07) is 0. The first-order valence-electron chi connectivity index (χ1n) is 6.66. The van der Waals surface area contributed by atoms with Crippen LogP contribution in [-0.2, 0) is 0 Å². The topological polar surface area (TPSA) is 41.6 Å². The van der Waals surface area contributed by atoms with E-state index in [-0.39, 0.29) is 11.6 Å². The quantitative estimate of drug-likeness (QED) is 0.595. The van der Waals surface area contributed by atoms with Crippen molar-refractivity contribution in [1.82, 2.24) is 4.90 Å². The van der Waals surface area contributed by atoms with Crippen LogP contribution in [0.25, 0.3) is 0 Å². The van der Waals surface area contributed by atoms with Gasteiger partial charge in [-0.15, -0.1) is 0 Å². The van der Waals surface area contributed by atoms with E-state index in [0.29, 0.717) is 6.54 Å². The molecule has 1 aliphatic heterocycles. The summed E-state index contributed by atoms with van der Waals surface area (Å²) in [6.07, 6.45) is 2.73. The number of likely N-dealkylation sites (tertiary alicyclic amines) is 1. The lowest BCUT2D eigenvalue weighted by atomic mass is 9.93. The highest BCUT2D eigenvalue weighted by Gasteiger charge is 2.22. The predicted molar refractivity (Wildman–Crippen MR) is 75.6 cm³/mol. The molecule has 1 fully saturated rings. The Morgan fingerprint density at radius 3 is 2.58 bits per heavy atom. The van der Waals surface area contributed by atoms with Gasteiger partial charge in [-0.05, 0) is 38.9 Å². The van der Waals surface area contributed by atoms with Crippen molar-refractivity contribution < 1.29 is 8.78 Å². The SMILES string of the molecule is C=C/C=C(\N=C(C)C(F)F)C1CCN(CCN)CC1. The van der Waals surface area contributed by atoms with E-state index in [1.165, 1.54) is 6.92 Å². The normalized spacial score (nSPS) is 20.1. The van der Waals surface area contributed by atoms with Crippen molar-refractivity contribution in [2.45, 2.75) is 26.2 Å². The molecule has 1 heterocycles. The Balaban J connectivity index is 2.67. The summed E-state index contributed by atoms with van der Waals surface area (Å²) in [5, 5.41) is 0. The second-order valence-electron chi connectivity index (χ2n) is 4.79. The second-order valence-corrected chi connectivity index (χ2v) is 4.79. The lowest BCUT2D eigenvalue weighted by molar-refractivity contribution is 0.202. The average Bonchev–Trinajstić information content (AvgIpc) is 2.39. The summed E-state index contributed by atoms with van der Waals surface area (Å²) >= 11 is 0. The van der Waals surface area contributed by atoms with Crippen LogP contribution in [0.15, 0.2) is 29.4 Å². The fraction of sp³-hybridized carbons (Fsp3) is 0.643. The van der Waals surface area contributed by atoms with Crippen molar-refractivity contribution in [1.29, 1.82) is 0 Å². The number of allylic oxidation sites excluding steroid dienone is 3. The second kappa shape index (κ2) is 8.17. The fourth-order valence-electron chi connectivity index (χ4n) is 2.27. The van der Waals surface area contributed by atoms with Gasteiger partial charge in [-0.1, -0.05) is 12.7 Å². The Bertz CT molecular complexity index is 343. The van der Waals surface area contributed by atoms with Gasteiger partial charge >= 0.3 is 0 Å². The molecule has 0 aromatic carbocycles. The first kappa shape index (κ1) is 16.0. The highest BCUT2D eigenvalue weighted by Crippen LogP contribution is 2.26. The lowest BCUT2D eigenvalue weighted by Gasteiger charge is -2.31. The molecule has 108 valence electrons. The van der Waals surface area contributed by atoms with Crippen molar-refractivity contribution in [2.24, 2.45) is 16.6 Å². The summed E-state index contributed by atoms with van der Waals surface area (Å²) in [6.45, 7) is 8.44. The third kappa shape index (κ3) is 5.20. The van der Waals surface area contributed by atoms with E-state index in [4.69, 9.17) is 5.73 Å². The molecule has 0 unspecified atom stereocenters. The number of hydrogen-bond acceptors (Lipinski definition) is 3. The minimum atomic E-state index is -2.49. The average molecular weight is 271 g/mol. The highest BCUT2D eigenvalue weighted by molar-refractivity contribution is 5.85. The van der Waals surface area contributed by atoms with Gasteiger partial charge < -0.3 is 10.6 Å². The third-order valence-corrected chi connectivity index (χ3v) is 3.36. The number of rotatable bonds is 6. The zero-order valence-electron chi connectivity index (χ0n) is 11.5. The van der Waals surface area contributed by atoms with Crippen molar-refractivity contribution in [2.75, 3.05) is 26.2 Å². The predicted octanol–water partition coefficient (Wildman–Crippen LogP) is 2.45. The largest absolute Gasteiger partial charge is 0.329 e. The van der Waals surface area contributed by atoms with Gasteiger partial charge in [0.25, 0.3) is 6.43 Å². The molecule has 0 aromatic heterocycles. The summed E-state index contributed by atoms with van der Waals surface area (Å²) in [5.41, 5.74) is 6.12. The van der Waals surface area contributed by atoms with Gasteiger partial charge in [0.15, 0.2) is 0 Å². The molecule has 0 aromatic rings. The van der Waals surface area contributed by atoms with Crippen molar-refractivity contribution in [3.05, 3.63) is 24.4 Å². The standard InChI is InChI=1S/C14H23F2N3/c1-3-4-13(18-11(2)14(15)16)12-5-8-19(9-6-12)10-7-17/h3-4,12,14H,1,5-10,17H2,2H3/b13-4-,18-11?. The van der Waals surface area contributed by atoms with Gasteiger partial charge in [0.05, 0.1) is 5.71 Å². The molecular weight excluding hydrogens is 248 g/mol. The van der Waals surface area contributed by atoms with Crippen molar-refractivity contribution in [3.8, 4) is 0 Å². The number of halogens is 2. The van der Waals surface area contributed by atoms with Gasteiger partial charge in [-0.3, -0.25) is 4.99 Å². The number of nitrogens with two attached hydrogens (primary N) is 1. The molecule has 0 saturated carbocycles. The van der Waals surface area contributed by atoms with E-state index in [9.17, 15) is 8.78 Å².